The number of aryl methyl sites for hydroxylation is 1. The summed E-state index contributed by atoms with van der Waals surface area (Å²) >= 11 is 1.79. The quantitative estimate of drug-likeness (QED) is 0.590. The van der Waals surface area contributed by atoms with Gasteiger partial charge in [0.1, 0.15) is 0 Å². The topological polar surface area (TPSA) is 40.6 Å². The first-order valence-corrected chi connectivity index (χ1v) is 12.3. The Balaban J connectivity index is 1.51. The van der Waals surface area contributed by atoms with Gasteiger partial charge in [0.05, 0.1) is 4.90 Å². The molecule has 0 amide bonds. The first kappa shape index (κ1) is 20.5. The number of thiophene rings is 1. The van der Waals surface area contributed by atoms with Gasteiger partial charge in [0.25, 0.3) is 0 Å². The van der Waals surface area contributed by atoms with Gasteiger partial charge < -0.3 is 4.90 Å². The Morgan fingerprint density at radius 3 is 2.33 bits per heavy atom. The van der Waals surface area contributed by atoms with E-state index in [1.165, 1.54) is 23.3 Å². The number of hydrogen-bond donors (Lipinski definition) is 0. The molecule has 1 aromatic carbocycles. The van der Waals surface area contributed by atoms with E-state index in [1.54, 1.807) is 27.8 Å². The van der Waals surface area contributed by atoms with Gasteiger partial charge in [-0.1, -0.05) is 38.0 Å². The van der Waals surface area contributed by atoms with Gasteiger partial charge in [-0.25, -0.2) is 8.42 Å². The number of unbranched alkanes of at least 4 members (excludes halogenated alkanes) is 2. The lowest BCUT2D eigenvalue weighted by molar-refractivity contribution is 0.190. The number of hydrogen-bond acceptors (Lipinski definition) is 4. The number of piperazine rings is 1. The Bertz CT molecular complexity index is 778. The van der Waals surface area contributed by atoms with Gasteiger partial charge >= 0.3 is 0 Å². The monoisotopic (exact) mass is 406 g/mol. The molecule has 1 aliphatic heterocycles. The van der Waals surface area contributed by atoms with E-state index in [4.69, 9.17) is 0 Å². The van der Waals surface area contributed by atoms with Gasteiger partial charge in [0, 0.05) is 37.6 Å². The smallest absolute Gasteiger partial charge is 0.243 e. The molecule has 1 aliphatic rings. The fraction of sp³-hybridized carbons (Fsp3) is 0.524. The van der Waals surface area contributed by atoms with Gasteiger partial charge in [-0.2, -0.15) is 4.31 Å². The maximum absolute atomic E-state index is 12.9. The van der Waals surface area contributed by atoms with E-state index < -0.39 is 10.0 Å². The molecule has 0 radical (unpaired) electrons. The average molecular weight is 407 g/mol. The van der Waals surface area contributed by atoms with Crippen LogP contribution in [0.15, 0.2) is 46.7 Å². The molecule has 27 heavy (non-hydrogen) atoms. The van der Waals surface area contributed by atoms with E-state index in [0.29, 0.717) is 18.0 Å². The number of nitrogens with zero attached hydrogens (tertiary/aromatic N) is 2. The largest absolute Gasteiger partial charge is 0.300 e. The Labute approximate surface area is 167 Å². The van der Waals surface area contributed by atoms with Crippen LogP contribution in [-0.4, -0.2) is 50.3 Å². The van der Waals surface area contributed by atoms with E-state index in [0.717, 1.165) is 38.9 Å². The minimum Gasteiger partial charge on any atom is -0.300 e. The predicted octanol–water partition coefficient (Wildman–Crippen LogP) is 4.03. The van der Waals surface area contributed by atoms with Gasteiger partial charge in [0.2, 0.25) is 10.0 Å². The van der Waals surface area contributed by atoms with Gasteiger partial charge in [-0.3, -0.25) is 0 Å². The zero-order valence-corrected chi connectivity index (χ0v) is 17.8. The highest BCUT2D eigenvalue weighted by Gasteiger charge is 2.28. The van der Waals surface area contributed by atoms with Crippen molar-refractivity contribution in [1.29, 1.82) is 0 Å². The number of sulfonamides is 1. The van der Waals surface area contributed by atoms with E-state index in [2.05, 4.69) is 29.3 Å². The Morgan fingerprint density at radius 2 is 1.70 bits per heavy atom. The first-order chi connectivity index (χ1) is 13.1. The molecule has 1 saturated heterocycles. The maximum Gasteiger partial charge on any atom is 0.243 e. The first-order valence-electron chi connectivity index (χ1n) is 9.93. The molecular formula is C21H30N2O2S2. The summed E-state index contributed by atoms with van der Waals surface area (Å²) in [6.45, 7) is 5.95. The van der Waals surface area contributed by atoms with Crippen molar-refractivity contribution in [1.82, 2.24) is 9.21 Å². The normalized spacial score (nSPS) is 16.6. The van der Waals surface area contributed by atoms with Gasteiger partial charge in [-0.05, 0) is 48.4 Å². The number of benzene rings is 1. The average Bonchev–Trinajstić information content (AvgIpc) is 3.21. The fourth-order valence-electron chi connectivity index (χ4n) is 3.47. The molecule has 0 spiro atoms. The molecule has 0 N–H and O–H groups in total. The fourth-order valence-corrected chi connectivity index (χ4v) is 5.59. The molecule has 0 aliphatic carbocycles. The van der Waals surface area contributed by atoms with Crippen LogP contribution >= 0.6 is 11.3 Å². The standard InChI is InChI=1S/C21H30N2O2S2/c1-2-3-4-6-19-8-10-21(11-9-19)27(24,25)23-16-14-22(15-17-23)13-12-20-7-5-18-26-20/h5,7-11,18H,2-4,6,12-17H2,1H3. The summed E-state index contributed by atoms with van der Waals surface area (Å²) in [4.78, 5) is 4.18. The zero-order valence-electron chi connectivity index (χ0n) is 16.1. The van der Waals surface area contributed by atoms with Crippen LogP contribution in [0.2, 0.25) is 0 Å². The third-order valence-electron chi connectivity index (χ3n) is 5.22. The maximum atomic E-state index is 12.9. The van der Waals surface area contributed by atoms with Crippen molar-refractivity contribution in [2.45, 2.75) is 43.9 Å². The van der Waals surface area contributed by atoms with Crippen LogP contribution in [-0.2, 0) is 22.9 Å². The molecule has 0 unspecified atom stereocenters. The second kappa shape index (κ2) is 9.82. The van der Waals surface area contributed by atoms with Crippen molar-refractivity contribution < 1.29 is 8.42 Å². The van der Waals surface area contributed by atoms with Crippen molar-refractivity contribution >= 4 is 21.4 Å². The summed E-state index contributed by atoms with van der Waals surface area (Å²) in [6.07, 6.45) is 5.65. The minimum atomic E-state index is -3.38. The lowest BCUT2D eigenvalue weighted by Crippen LogP contribution is -2.48. The third kappa shape index (κ3) is 5.64. The molecular weight excluding hydrogens is 376 g/mol. The second-order valence-electron chi connectivity index (χ2n) is 7.18. The van der Waals surface area contributed by atoms with Crippen LogP contribution in [0.25, 0.3) is 0 Å². The third-order valence-corrected chi connectivity index (χ3v) is 8.06. The zero-order chi connectivity index (χ0) is 19.1. The van der Waals surface area contributed by atoms with Crippen LogP contribution in [0.1, 0.15) is 36.6 Å². The summed E-state index contributed by atoms with van der Waals surface area (Å²) in [5.74, 6) is 0. The minimum absolute atomic E-state index is 0.425. The van der Waals surface area contributed by atoms with Crippen LogP contribution in [0.5, 0.6) is 0 Å². The van der Waals surface area contributed by atoms with E-state index in [1.807, 2.05) is 12.1 Å². The molecule has 0 atom stereocenters. The van der Waals surface area contributed by atoms with E-state index in [9.17, 15) is 8.42 Å². The SMILES string of the molecule is CCCCCc1ccc(S(=O)(=O)N2CCN(CCc3cccs3)CC2)cc1. The lowest BCUT2D eigenvalue weighted by Gasteiger charge is -2.33. The molecule has 4 nitrogen and oxygen atoms in total. The number of rotatable bonds is 9. The molecule has 0 bridgehead atoms. The van der Waals surface area contributed by atoms with Crippen molar-refractivity contribution in [3.8, 4) is 0 Å². The molecule has 1 aromatic heterocycles. The van der Waals surface area contributed by atoms with E-state index in [-0.39, 0.29) is 0 Å². The summed E-state index contributed by atoms with van der Waals surface area (Å²) in [5.41, 5.74) is 1.22. The summed E-state index contributed by atoms with van der Waals surface area (Å²) in [6, 6.07) is 11.7. The summed E-state index contributed by atoms with van der Waals surface area (Å²) < 4.78 is 27.5. The predicted molar refractivity (Wildman–Crippen MR) is 113 cm³/mol. The van der Waals surface area contributed by atoms with Crippen LogP contribution < -0.4 is 0 Å². The molecule has 2 heterocycles. The summed E-state index contributed by atoms with van der Waals surface area (Å²) in [7, 11) is -3.38. The molecule has 3 rings (SSSR count). The highest BCUT2D eigenvalue weighted by molar-refractivity contribution is 7.89. The Kier molecular flexibility index (Phi) is 7.47. The Hall–Kier alpha value is -1.21. The van der Waals surface area contributed by atoms with Crippen LogP contribution in [0.3, 0.4) is 0 Å². The molecule has 6 heteroatoms. The van der Waals surface area contributed by atoms with E-state index >= 15 is 0 Å². The van der Waals surface area contributed by atoms with Gasteiger partial charge in [-0.15, -0.1) is 11.3 Å². The highest BCUT2D eigenvalue weighted by atomic mass is 32.2. The summed E-state index contributed by atoms with van der Waals surface area (Å²) in [5, 5.41) is 2.11. The molecule has 0 saturated carbocycles. The molecule has 1 fully saturated rings. The Morgan fingerprint density at radius 1 is 0.963 bits per heavy atom. The molecule has 148 valence electrons. The van der Waals surface area contributed by atoms with Crippen molar-refractivity contribution in [2.24, 2.45) is 0 Å². The van der Waals surface area contributed by atoms with Gasteiger partial charge in [0.15, 0.2) is 0 Å². The highest BCUT2D eigenvalue weighted by Crippen LogP contribution is 2.19. The molecule has 2 aromatic rings. The van der Waals surface area contributed by atoms with Crippen molar-refractivity contribution in [2.75, 3.05) is 32.7 Å². The lowest BCUT2D eigenvalue weighted by atomic mass is 10.1. The van der Waals surface area contributed by atoms with Crippen LogP contribution in [0, 0.1) is 0 Å². The van der Waals surface area contributed by atoms with Crippen LogP contribution in [0.4, 0.5) is 0 Å². The van der Waals surface area contributed by atoms with Crippen molar-refractivity contribution in [3.05, 3.63) is 52.2 Å². The van der Waals surface area contributed by atoms with Crippen molar-refractivity contribution in [3.63, 3.8) is 0 Å². The second-order valence-corrected chi connectivity index (χ2v) is 10.1.